The molecular formula is C31H33N3O5. The van der Waals surface area contributed by atoms with Crippen LogP contribution in [0.3, 0.4) is 0 Å². The molecule has 0 radical (unpaired) electrons. The summed E-state index contributed by atoms with van der Waals surface area (Å²) in [5.41, 5.74) is 0.595. The predicted octanol–water partition coefficient (Wildman–Crippen LogP) is 3.35. The molecule has 1 fully saturated rings. The molecule has 3 aromatic carbocycles. The van der Waals surface area contributed by atoms with Gasteiger partial charge in [-0.15, -0.1) is 0 Å². The maximum Gasteiger partial charge on any atom is 0.408 e. The maximum absolute atomic E-state index is 13.8. The Morgan fingerprint density at radius 3 is 1.95 bits per heavy atom. The van der Waals surface area contributed by atoms with Gasteiger partial charge in [-0.05, 0) is 29.0 Å². The van der Waals surface area contributed by atoms with E-state index in [1.165, 1.54) is 0 Å². The van der Waals surface area contributed by atoms with Crippen molar-refractivity contribution in [3.63, 3.8) is 0 Å². The van der Waals surface area contributed by atoms with Gasteiger partial charge in [0.25, 0.3) is 5.91 Å². The third-order valence-corrected chi connectivity index (χ3v) is 6.80. The van der Waals surface area contributed by atoms with Crippen LogP contribution in [0.2, 0.25) is 0 Å². The molecule has 39 heavy (non-hydrogen) atoms. The normalized spacial score (nSPS) is 19.3. The molecular weight excluding hydrogens is 494 g/mol. The third kappa shape index (κ3) is 6.71. The number of alkyl carbamates (subject to hydrolysis) is 1. The molecule has 1 aliphatic rings. The van der Waals surface area contributed by atoms with Crippen LogP contribution in [0.1, 0.15) is 30.5 Å². The Kier molecular flexibility index (Phi) is 8.76. The van der Waals surface area contributed by atoms with Crippen LogP contribution >= 0.6 is 0 Å². The average Bonchev–Trinajstić information content (AvgIpc) is 3.15. The van der Waals surface area contributed by atoms with Crippen molar-refractivity contribution >= 4 is 23.7 Å². The van der Waals surface area contributed by atoms with Crippen molar-refractivity contribution in [3.8, 4) is 0 Å². The first-order valence-corrected chi connectivity index (χ1v) is 13.0. The number of carbonyl (C=O) groups is 4. The van der Waals surface area contributed by atoms with Crippen LogP contribution in [0.15, 0.2) is 91.0 Å². The lowest BCUT2D eigenvalue weighted by atomic mass is 9.84. The lowest BCUT2D eigenvalue weighted by Gasteiger charge is -2.30. The fourth-order valence-electron chi connectivity index (χ4n) is 4.70. The molecule has 8 heteroatoms. The number of hydrogen-bond donors (Lipinski definition) is 3. The zero-order valence-electron chi connectivity index (χ0n) is 22.1. The first kappa shape index (κ1) is 27.6. The quantitative estimate of drug-likeness (QED) is 0.350. The van der Waals surface area contributed by atoms with Crippen LogP contribution in [0.4, 0.5) is 4.79 Å². The van der Waals surface area contributed by atoms with Gasteiger partial charge in [0.1, 0.15) is 12.6 Å². The van der Waals surface area contributed by atoms with Crippen LogP contribution in [0, 0.1) is 5.92 Å². The van der Waals surface area contributed by atoms with Crippen molar-refractivity contribution in [2.24, 2.45) is 5.92 Å². The van der Waals surface area contributed by atoms with Gasteiger partial charge in [0.05, 0.1) is 6.04 Å². The molecule has 1 saturated heterocycles. The van der Waals surface area contributed by atoms with Crippen molar-refractivity contribution in [2.75, 3.05) is 0 Å². The van der Waals surface area contributed by atoms with E-state index in [0.717, 1.165) is 16.7 Å². The number of Topliss-reactive ketones (excluding diaryl/α,β-unsaturated/α-hetero) is 1. The summed E-state index contributed by atoms with van der Waals surface area (Å²) in [5.74, 6) is -1.97. The molecule has 3 amide bonds. The van der Waals surface area contributed by atoms with Gasteiger partial charge < -0.3 is 20.7 Å². The molecule has 0 bridgehead atoms. The third-order valence-electron chi connectivity index (χ3n) is 6.80. The molecule has 0 saturated carbocycles. The fraction of sp³-hybridized carbons (Fsp3) is 0.290. The van der Waals surface area contributed by atoms with Gasteiger partial charge in [-0.25, -0.2) is 4.79 Å². The maximum atomic E-state index is 13.8. The van der Waals surface area contributed by atoms with E-state index in [2.05, 4.69) is 16.0 Å². The van der Waals surface area contributed by atoms with Crippen molar-refractivity contribution in [3.05, 3.63) is 108 Å². The van der Waals surface area contributed by atoms with Crippen molar-refractivity contribution in [1.82, 2.24) is 16.0 Å². The smallest absolute Gasteiger partial charge is 0.408 e. The molecule has 3 atom stereocenters. The Hall–Kier alpha value is -4.46. The van der Waals surface area contributed by atoms with E-state index in [1.54, 1.807) is 26.0 Å². The molecule has 8 nitrogen and oxygen atoms in total. The summed E-state index contributed by atoms with van der Waals surface area (Å²) in [6.07, 6.45) is -0.483. The number of ketones is 1. The van der Waals surface area contributed by atoms with Gasteiger partial charge in [0.2, 0.25) is 5.91 Å². The van der Waals surface area contributed by atoms with Gasteiger partial charge in [0.15, 0.2) is 11.3 Å². The summed E-state index contributed by atoms with van der Waals surface area (Å²) in [7, 11) is 0. The minimum Gasteiger partial charge on any atom is -0.445 e. The zero-order valence-corrected chi connectivity index (χ0v) is 22.1. The van der Waals surface area contributed by atoms with Gasteiger partial charge in [-0.2, -0.15) is 0 Å². The number of carbonyl (C=O) groups excluding carboxylic acids is 4. The van der Waals surface area contributed by atoms with Crippen LogP contribution < -0.4 is 16.0 Å². The number of benzene rings is 3. The molecule has 0 aliphatic carbocycles. The van der Waals surface area contributed by atoms with Crippen LogP contribution in [-0.2, 0) is 38.6 Å². The van der Waals surface area contributed by atoms with Gasteiger partial charge >= 0.3 is 6.09 Å². The number of amides is 3. The van der Waals surface area contributed by atoms with E-state index >= 15 is 0 Å². The standard InChI is InChI=1S/C31H33N3O5/c1-21(2)26(33-30(38)39-20-24-16-10-5-11-17-24)28(36)34-31(19-23-14-8-4-9-15-23)27(35)25(32-29(31)37)18-22-12-6-3-7-13-22/h3-17,21,25-26H,18-20H2,1-2H3,(H,32,37)(H,33,38)(H,34,36)/t25-,26-,31-/m0/s1. The first-order valence-electron chi connectivity index (χ1n) is 13.0. The van der Waals surface area contributed by atoms with Crippen LogP contribution in [0.5, 0.6) is 0 Å². The highest BCUT2D eigenvalue weighted by molar-refractivity contribution is 6.20. The summed E-state index contributed by atoms with van der Waals surface area (Å²) in [6.45, 7) is 3.57. The minimum atomic E-state index is -1.82. The second kappa shape index (κ2) is 12.4. The Morgan fingerprint density at radius 2 is 1.38 bits per heavy atom. The molecule has 0 unspecified atom stereocenters. The molecule has 0 spiro atoms. The average molecular weight is 528 g/mol. The van der Waals surface area contributed by atoms with E-state index in [4.69, 9.17) is 4.74 Å². The van der Waals surface area contributed by atoms with E-state index < -0.39 is 41.3 Å². The molecule has 3 aromatic rings. The minimum absolute atomic E-state index is 0.0151. The van der Waals surface area contributed by atoms with Gasteiger partial charge in [-0.3, -0.25) is 14.4 Å². The van der Waals surface area contributed by atoms with Crippen molar-refractivity contribution in [2.45, 2.75) is 50.9 Å². The van der Waals surface area contributed by atoms with E-state index in [-0.39, 0.29) is 18.9 Å². The topological polar surface area (TPSA) is 114 Å². The number of ether oxygens (including phenoxy) is 1. The lowest BCUT2D eigenvalue weighted by molar-refractivity contribution is -0.138. The van der Waals surface area contributed by atoms with E-state index in [0.29, 0.717) is 6.42 Å². The predicted molar refractivity (Wildman–Crippen MR) is 146 cm³/mol. The summed E-state index contributed by atoms with van der Waals surface area (Å²) in [6, 6.07) is 25.8. The SMILES string of the molecule is CC(C)[C@H](NC(=O)OCc1ccccc1)C(=O)N[C@]1(Cc2ccccc2)C(=O)N[C@@H](Cc2ccccc2)C1=O. The number of hydrogen-bond acceptors (Lipinski definition) is 5. The Balaban J connectivity index is 1.54. The lowest BCUT2D eigenvalue weighted by Crippen LogP contribution is -2.64. The summed E-state index contributed by atoms with van der Waals surface area (Å²) < 4.78 is 5.30. The zero-order chi connectivity index (χ0) is 27.8. The summed E-state index contributed by atoms with van der Waals surface area (Å²) in [4.78, 5) is 53.5. The molecule has 1 aliphatic heterocycles. The summed E-state index contributed by atoms with van der Waals surface area (Å²) in [5, 5.41) is 8.15. The largest absolute Gasteiger partial charge is 0.445 e. The van der Waals surface area contributed by atoms with Crippen LogP contribution in [-0.4, -0.2) is 41.3 Å². The van der Waals surface area contributed by atoms with Crippen molar-refractivity contribution in [1.29, 1.82) is 0 Å². The highest BCUT2D eigenvalue weighted by atomic mass is 16.5. The molecule has 0 aromatic heterocycles. The van der Waals surface area contributed by atoms with E-state index in [9.17, 15) is 19.2 Å². The Morgan fingerprint density at radius 1 is 0.846 bits per heavy atom. The number of nitrogens with one attached hydrogen (secondary N) is 3. The van der Waals surface area contributed by atoms with Crippen LogP contribution in [0.25, 0.3) is 0 Å². The van der Waals surface area contributed by atoms with Crippen molar-refractivity contribution < 1.29 is 23.9 Å². The first-order chi connectivity index (χ1) is 18.8. The monoisotopic (exact) mass is 527 g/mol. The Labute approximate surface area is 228 Å². The van der Waals surface area contributed by atoms with Gasteiger partial charge in [-0.1, -0.05) is 105 Å². The Bertz CT molecular complexity index is 1300. The second-order valence-electron chi connectivity index (χ2n) is 10.1. The molecule has 3 N–H and O–H groups in total. The summed E-state index contributed by atoms with van der Waals surface area (Å²) >= 11 is 0. The number of rotatable bonds is 10. The highest BCUT2D eigenvalue weighted by Gasteiger charge is 2.56. The molecule has 4 rings (SSSR count). The van der Waals surface area contributed by atoms with Gasteiger partial charge in [0, 0.05) is 6.42 Å². The fourth-order valence-corrected chi connectivity index (χ4v) is 4.70. The van der Waals surface area contributed by atoms with E-state index in [1.807, 2.05) is 78.9 Å². The second-order valence-corrected chi connectivity index (χ2v) is 10.1. The molecule has 202 valence electrons. The molecule has 1 heterocycles. The highest BCUT2D eigenvalue weighted by Crippen LogP contribution is 2.25.